The van der Waals surface area contributed by atoms with Crippen molar-refractivity contribution in [3.8, 4) is 11.3 Å². The Kier molecular flexibility index (Phi) is 6.36. The van der Waals surface area contributed by atoms with Gasteiger partial charge in [-0.3, -0.25) is 19.3 Å². The van der Waals surface area contributed by atoms with Gasteiger partial charge in [-0.15, -0.1) is 0 Å². The Balaban J connectivity index is 1.48. The van der Waals surface area contributed by atoms with Crippen LogP contribution in [-0.4, -0.2) is 28.5 Å². The number of thioether (sulfide) groups is 1. The summed E-state index contributed by atoms with van der Waals surface area (Å²) in [7, 11) is 0. The number of nitrogens with one attached hydrogen (secondary N) is 1. The molecule has 32 heavy (non-hydrogen) atoms. The third kappa shape index (κ3) is 4.57. The van der Waals surface area contributed by atoms with Crippen LogP contribution in [0.5, 0.6) is 0 Å². The van der Waals surface area contributed by atoms with Crippen LogP contribution in [0.4, 0.5) is 14.9 Å². The van der Waals surface area contributed by atoms with E-state index in [2.05, 4.69) is 5.32 Å². The minimum Gasteiger partial charge on any atom is -0.457 e. The van der Waals surface area contributed by atoms with Crippen molar-refractivity contribution in [2.24, 2.45) is 0 Å². The highest BCUT2D eigenvalue weighted by Gasteiger charge is 2.36. The minimum atomic E-state index is -0.700. The van der Waals surface area contributed by atoms with Crippen LogP contribution in [0.2, 0.25) is 10.0 Å². The van der Waals surface area contributed by atoms with Gasteiger partial charge in [0.05, 0.1) is 20.6 Å². The Morgan fingerprint density at radius 3 is 2.66 bits per heavy atom. The number of imide groups is 1. The molecule has 3 aromatic rings. The predicted octanol–water partition coefficient (Wildman–Crippen LogP) is 6.07. The fourth-order valence-electron chi connectivity index (χ4n) is 2.93. The molecule has 2 aromatic carbocycles. The molecule has 1 aliphatic rings. The lowest BCUT2D eigenvalue weighted by molar-refractivity contribution is -0.127. The van der Waals surface area contributed by atoms with Crippen LogP contribution in [0, 0.1) is 5.82 Å². The Hall–Kier alpha value is -3.07. The summed E-state index contributed by atoms with van der Waals surface area (Å²) in [6.07, 6.45) is 1.40. The molecule has 0 unspecified atom stereocenters. The molecule has 1 fully saturated rings. The Labute approximate surface area is 196 Å². The first-order valence-corrected chi connectivity index (χ1v) is 10.7. The molecular weight excluding hydrogens is 478 g/mol. The number of rotatable bonds is 5. The molecule has 0 aliphatic carbocycles. The highest BCUT2D eigenvalue weighted by atomic mass is 35.5. The number of anilines is 1. The van der Waals surface area contributed by atoms with E-state index in [1.165, 1.54) is 24.3 Å². The Bertz CT molecular complexity index is 1270. The van der Waals surface area contributed by atoms with Crippen LogP contribution < -0.4 is 5.32 Å². The van der Waals surface area contributed by atoms with E-state index in [4.69, 9.17) is 27.6 Å². The predicted molar refractivity (Wildman–Crippen MR) is 122 cm³/mol. The van der Waals surface area contributed by atoms with E-state index in [1.807, 2.05) is 0 Å². The molecule has 0 spiro atoms. The fourth-order valence-corrected chi connectivity index (χ4v) is 4.14. The van der Waals surface area contributed by atoms with Crippen molar-refractivity contribution < 1.29 is 23.2 Å². The van der Waals surface area contributed by atoms with Crippen molar-refractivity contribution in [1.29, 1.82) is 0 Å². The molecule has 1 aromatic heterocycles. The zero-order valence-corrected chi connectivity index (χ0v) is 18.4. The molecule has 1 aliphatic heterocycles. The summed E-state index contributed by atoms with van der Waals surface area (Å²) in [5, 5.41) is 2.43. The monoisotopic (exact) mass is 490 g/mol. The van der Waals surface area contributed by atoms with Crippen LogP contribution in [0.15, 0.2) is 63.9 Å². The second kappa shape index (κ2) is 9.20. The lowest BCUT2D eigenvalue weighted by Crippen LogP contribution is -2.36. The number of amides is 3. The largest absolute Gasteiger partial charge is 0.457 e. The van der Waals surface area contributed by atoms with Crippen molar-refractivity contribution in [3.05, 3.63) is 81.1 Å². The Morgan fingerprint density at radius 2 is 1.88 bits per heavy atom. The first-order chi connectivity index (χ1) is 15.3. The second-order valence-corrected chi connectivity index (χ2v) is 8.38. The van der Waals surface area contributed by atoms with Gasteiger partial charge in [-0.2, -0.15) is 0 Å². The van der Waals surface area contributed by atoms with Crippen molar-refractivity contribution in [2.75, 3.05) is 11.9 Å². The Morgan fingerprint density at radius 1 is 1.09 bits per heavy atom. The lowest BCUT2D eigenvalue weighted by atomic mass is 10.2. The normalized spacial score (nSPS) is 15.0. The molecule has 6 nitrogen and oxygen atoms in total. The first-order valence-electron chi connectivity index (χ1n) is 9.17. The quantitative estimate of drug-likeness (QED) is 0.439. The number of nitrogens with zero attached hydrogens (tertiary/aromatic N) is 1. The fraction of sp³-hybridized carbons (Fsp3) is 0.0455. The highest BCUT2D eigenvalue weighted by molar-refractivity contribution is 8.18. The number of furan rings is 1. The lowest BCUT2D eigenvalue weighted by Gasteiger charge is -2.12. The topological polar surface area (TPSA) is 79.6 Å². The number of halogens is 3. The molecule has 1 N–H and O–H groups in total. The van der Waals surface area contributed by atoms with E-state index >= 15 is 0 Å². The van der Waals surface area contributed by atoms with Crippen molar-refractivity contribution in [2.45, 2.75) is 0 Å². The second-order valence-electron chi connectivity index (χ2n) is 6.60. The van der Waals surface area contributed by atoms with E-state index in [0.29, 0.717) is 38.9 Å². The molecule has 2 heterocycles. The van der Waals surface area contributed by atoms with E-state index in [0.717, 1.165) is 4.90 Å². The summed E-state index contributed by atoms with van der Waals surface area (Å²) in [5.41, 5.74) is 0.541. The van der Waals surface area contributed by atoms with Crippen LogP contribution in [0.1, 0.15) is 5.76 Å². The average molecular weight is 491 g/mol. The van der Waals surface area contributed by atoms with Gasteiger partial charge in [0.25, 0.3) is 11.1 Å². The summed E-state index contributed by atoms with van der Waals surface area (Å²) in [6, 6.07) is 14.0. The third-order valence-electron chi connectivity index (χ3n) is 4.44. The van der Waals surface area contributed by atoms with Crippen molar-refractivity contribution >= 4 is 63.8 Å². The van der Waals surface area contributed by atoms with E-state index in [-0.39, 0.29) is 10.6 Å². The standard InChI is InChI=1S/C22H13Cl2FN2O4S/c23-14-5-3-4-13(20(14)24)17-9-8-12(31-17)10-18-21(29)27(22(30)32-18)11-19(28)26-16-7-2-1-6-15(16)25/h1-10H,11H2,(H,26,28)/b18-10+. The molecule has 0 saturated carbocycles. The van der Waals surface area contributed by atoms with Crippen LogP contribution >= 0.6 is 35.0 Å². The number of hydrogen-bond donors (Lipinski definition) is 1. The third-order valence-corrected chi connectivity index (χ3v) is 6.17. The van der Waals surface area contributed by atoms with Gasteiger partial charge in [-0.05, 0) is 48.2 Å². The highest BCUT2D eigenvalue weighted by Crippen LogP contribution is 2.36. The first kappa shape index (κ1) is 22.1. The van der Waals surface area contributed by atoms with E-state index in [1.54, 1.807) is 36.4 Å². The number of para-hydroxylation sites is 1. The van der Waals surface area contributed by atoms with Crippen LogP contribution in [0.25, 0.3) is 17.4 Å². The zero-order chi connectivity index (χ0) is 22.8. The molecule has 3 amide bonds. The SMILES string of the molecule is O=C(CN1C(=O)S/C(=C/c2ccc(-c3cccc(Cl)c3Cl)o2)C1=O)Nc1ccccc1F. The van der Waals surface area contributed by atoms with Gasteiger partial charge in [0.15, 0.2) is 0 Å². The summed E-state index contributed by atoms with van der Waals surface area (Å²) in [6.45, 7) is -0.544. The van der Waals surface area contributed by atoms with Gasteiger partial charge < -0.3 is 9.73 Å². The van der Waals surface area contributed by atoms with Crippen molar-refractivity contribution in [3.63, 3.8) is 0 Å². The summed E-state index contributed by atoms with van der Waals surface area (Å²) >= 11 is 12.9. The number of benzene rings is 2. The summed E-state index contributed by atoms with van der Waals surface area (Å²) in [4.78, 5) is 38.0. The summed E-state index contributed by atoms with van der Waals surface area (Å²) < 4.78 is 19.4. The van der Waals surface area contributed by atoms with Crippen LogP contribution in [-0.2, 0) is 9.59 Å². The molecule has 1 saturated heterocycles. The van der Waals surface area contributed by atoms with Gasteiger partial charge in [0.2, 0.25) is 5.91 Å². The van der Waals surface area contributed by atoms with Crippen molar-refractivity contribution in [1.82, 2.24) is 4.90 Å². The zero-order valence-electron chi connectivity index (χ0n) is 16.1. The molecular formula is C22H13Cl2FN2O4S. The minimum absolute atomic E-state index is 0.0391. The number of carbonyl (C=O) groups is 3. The number of carbonyl (C=O) groups excluding carboxylic acids is 3. The summed E-state index contributed by atoms with van der Waals surface area (Å²) in [5.74, 6) is -1.22. The van der Waals surface area contributed by atoms with Gasteiger partial charge in [-0.1, -0.05) is 41.4 Å². The van der Waals surface area contributed by atoms with Crippen LogP contribution in [0.3, 0.4) is 0 Å². The molecule has 0 atom stereocenters. The van der Waals surface area contributed by atoms with Gasteiger partial charge in [0.1, 0.15) is 23.9 Å². The maximum atomic E-state index is 13.7. The average Bonchev–Trinajstić information content (AvgIpc) is 3.32. The van der Waals surface area contributed by atoms with E-state index < -0.39 is 29.4 Å². The molecule has 0 bridgehead atoms. The maximum absolute atomic E-state index is 13.7. The van der Waals surface area contributed by atoms with Gasteiger partial charge in [-0.25, -0.2) is 4.39 Å². The molecule has 4 rings (SSSR count). The maximum Gasteiger partial charge on any atom is 0.294 e. The molecule has 162 valence electrons. The van der Waals surface area contributed by atoms with Gasteiger partial charge in [0, 0.05) is 11.6 Å². The molecule has 0 radical (unpaired) electrons. The van der Waals surface area contributed by atoms with Gasteiger partial charge >= 0.3 is 0 Å². The van der Waals surface area contributed by atoms with E-state index in [9.17, 15) is 18.8 Å². The smallest absolute Gasteiger partial charge is 0.294 e. The number of hydrogen-bond acceptors (Lipinski definition) is 5. The molecule has 10 heteroatoms.